The molecule has 3 aliphatic rings. The van der Waals surface area contributed by atoms with Crippen LogP contribution in [0.3, 0.4) is 0 Å². The predicted octanol–water partition coefficient (Wildman–Crippen LogP) is 0.109. The maximum atomic E-state index is 16.0. The van der Waals surface area contributed by atoms with Crippen LogP contribution < -0.4 is 21.3 Å². The van der Waals surface area contributed by atoms with E-state index in [1.54, 1.807) is 17.9 Å². The molecule has 2 atom stereocenters. The quantitative estimate of drug-likeness (QED) is 0.404. The van der Waals surface area contributed by atoms with Crippen LogP contribution in [0.1, 0.15) is 18.1 Å². The highest BCUT2D eigenvalue weighted by atomic mass is 19.1. The van der Waals surface area contributed by atoms with Crippen LogP contribution in [0.15, 0.2) is 16.8 Å². The number of barbiturate groups is 1. The molecular formula is C21H17FN8O5. The number of nitrogen functional groups attached to an aromatic ring is 1. The molecular weight excluding hydrogens is 463 g/mol. The number of hydrogen-bond donors (Lipinski definition) is 3. The topological polar surface area (TPSA) is 181 Å². The highest BCUT2D eigenvalue weighted by Gasteiger charge is 2.62. The van der Waals surface area contributed by atoms with E-state index in [2.05, 4.69) is 20.9 Å². The fourth-order valence-corrected chi connectivity index (χ4v) is 5.40. The summed E-state index contributed by atoms with van der Waals surface area (Å²) in [6, 6.07) is 1.67. The SMILES string of the molecule is CC1OCCN2c3c(cc4c(-n5cc(C#N)c(N)n5)noc4c3F)CC3(C(=O)NC(=O)NC3=O)C12. The van der Waals surface area contributed by atoms with E-state index in [1.807, 2.05) is 6.07 Å². The van der Waals surface area contributed by atoms with Crippen molar-refractivity contribution >= 4 is 40.3 Å². The van der Waals surface area contributed by atoms with Gasteiger partial charge >= 0.3 is 6.03 Å². The zero-order chi connectivity index (χ0) is 24.6. The number of halogens is 1. The molecule has 2 saturated heterocycles. The number of hydrogen-bond acceptors (Lipinski definition) is 10. The molecule has 5 heterocycles. The van der Waals surface area contributed by atoms with E-state index in [9.17, 15) is 19.6 Å². The largest absolute Gasteiger partial charge is 0.381 e. The van der Waals surface area contributed by atoms with Crippen LogP contribution in [0.2, 0.25) is 0 Å². The number of urea groups is 1. The van der Waals surface area contributed by atoms with Gasteiger partial charge in [-0.15, -0.1) is 5.10 Å². The number of ether oxygens (including phenoxy) is 1. The average molecular weight is 480 g/mol. The van der Waals surface area contributed by atoms with Crippen molar-refractivity contribution in [2.24, 2.45) is 5.41 Å². The Morgan fingerprint density at radius 2 is 2.06 bits per heavy atom. The molecule has 6 rings (SSSR count). The molecule has 0 saturated carbocycles. The Morgan fingerprint density at radius 1 is 1.31 bits per heavy atom. The van der Waals surface area contributed by atoms with Gasteiger partial charge in [-0.05, 0) is 18.6 Å². The maximum absolute atomic E-state index is 16.0. The summed E-state index contributed by atoms with van der Waals surface area (Å²) in [6.07, 6.45) is 0.502. The second kappa shape index (κ2) is 7.00. The third kappa shape index (κ3) is 2.66. The summed E-state index contributed by atoms with van der Waals surface area (Å²) < 4.78 is 28.2. The first-order chi connectivity index (χ1) is 16.8. The van der Waals surface area contributed by atoms with Crippen LogP contribution in [0.4, 0.5) is 20.7 Å². The molecule has 0 bridgehead atoms. The number of morpholine rings is 1. The van der Waals surface area contributed by atoms with Gasteiger partial charge in [0.25, 0.3) is 0 Å². The van der Waals surface area contributed by atoms with Crippen molar-refractivity contribution in [3.05, 3.63) is 29.2 Å². The third-order valence-electron chi connectivity index (χ3n) is 6.84. The first-order valence-electron chi connectivity index (χ1n) is 10.7. The maximum Gasteiger partial charge on any atom is 0.328 e. The van der Waals surface area contributed by atoms with Gasteiger partial charge in [0, 0.05) is 13.0 Å². The highest BCUT2D eigenvalue weighted by Crippen LogP contribution is 2.48. The van der Waals surface area contributed by atoms with Gasteiger partial charge in [-0.2, -0.15) is 5.26 Å². The van der Waals surface area contributed by atoms with E-state index < -0.39 is 41.2 Å². The Morgan fingerprint density at radius 3 is 2.74 bits per heavy atom. The lowest BCUT2D eigenvalue weighted by Gasteiger charge is -2.54. The normalized spacial score (nSPS) is 23.0. The van der Waals surface area contributed by atoms with E-state index >= 15 is 4.39 Å². The molecule has 13 nitrogen and oxygen atoms in total. The summed E-state index contributed by atoms with van der Waals surface area (Å²) in [6.45, 7) is 2.12. The minimum absolute atomic E-state index is 0.0357. The van der Waals surface area contributed by atoms with E-state index in [0.717, 1.165) is 0 Å². The van der Waals surface area contributed by atoms with Crippen molar-refractivity contribution in [3.8, 4) is 11.9 Å². The molecule has 2 unspecified atom stereocenters. The van der Waals surface area contributed by atoms with Crippen LogP contribution in [0.25, 0.3) is 16.8 Å². The third-order valence-corrected chi connectivity index (χ3v) is 6.84. The number of nitrogens with one attached hydrogen (secondary N) is 2. The van der Waals surface area contributed by atoms with Gasteiger partial charge in [0.2, 0.25) is 23.2 Å². The standard InChI is InChI=1S/C21H17FN8O5/c1-8-15-21(18(31)25-20(33)26-19(21)32)5-9-4-11-14(12(22)13(9)29(15)2-3-34-8)35-28-17(11)30-7-10(6-23)16(24)27-30/h4,7-8,15H,2-3,5H2,1H3,(H2,24,27)(H2,25,26,31,32,33). The second-order valence-electron chi connectivity index (χ2n) is 8.67. The van der Waals surface area contributed by atoms with Crippen molar-refractivity contribution in [1.82, 2.24) is 25.6 Å². The number of anilines is 2. The van der Waals surface area contributed by atoms with Crippen molar-refractivity contribution in [1.29, 1.82) is 5.26 Å². The molecule has 14 heteroatoms. The number of aromatic nitrogens is 3. The Hall–Kier alpha value is -4.51. The molecule has 4 amide bonds. The molecule has 3 aromatic rings. The minimum Gasteiger partial charge on any atom is -0.381 e. The van der Waals surface area contributed by atoms with Crippen LogP contribution in [0.5, 0.6) is 0 Å². The lowest BCUT2D eigenvalue weighted by Crippen LogP contribution is -2.74. The number of benzene rings is 1. The van der Waals surface area contributed by atoms with Gasteiger partial charge in [-0.3, -0.25) is 20.2 Å². The van der Waals surface area contributed by atoms with Gasteiger partial charge in [0.15, 0.2) is 17.1 Å². The molecule has 2 aromatic heterocycles. The van der Waals surface area contributed by atoms with Crippen LogP contribution in [0, 0.1) is 22.6 Å². The van der Waals surface area contributed by atoms with Gasteiger partial charge in [0.1, 0.15) is 11.6 Å². The second-order valence-corrected chi connectivity index (χ2v) is 8.67. The van der Waals surface area contributed by atoms with E-state index in [0.29, 0.717) is 5.56 Å². The smallest absolute Gasteiger partial charge is 0.328 e. The number of amides is 4. The van der Waals surface area contributed by atoms with Gasteiger partial charge in [-0.25, -0.2) is 13.9 Å². The van der Waals surface area contributed by atoms with Gasteiger partial charge in [0.05, 0.1) is 36.0 Å². The van der Waals surface area contributed by atoms with E-state index in [-0.39, 0.29) is 53.4 Å². The van der Waals surface area contributed by atoms with Crippen molar-refractivity contribution < 1.29 is 28.0 Å². The summed E-state index contributed by atoms with van der Waals surface area (Å²) in [5, 5.41) is 21.7. The van der Waals surface area contributed by atoms with E-state index in [4.69, 9.17) is 15.0 Å². The number of rotatable bonds is 1. The molecule has 4 N–H and O–H groups in total. The van der Waals surface area contributed by atoms with Crippen LogP contribution in [-0.4, -0.2) is 58.1 Å². The van der Waals surface area contributed by atoms with Crippen molar-refractivity contribution in [2.45, 2.75) is 25.5 Å². The molecule has 178 valence electrons. The molecule has 1 spiro atoms. The Labute approximate surface area is 195 Å². The van der Waals surface area contributed by atoms with E-state index in [1.165, 1.54) is 10.9 Å². The number of fused-ring (bicyclic) bond motifs is 5. The lowest BCUT2D eigenvalue weighted by molar-refractivity contribution is -0.151. The minimum atomic E-state index is -1.75. The summed E-state index contributed by atoms with van der Waals surface area (Å²) in [7, 11) is 0. The average Bonchev–Trinajstić information content (AvgIpc) is 3.40. The Kier molecular flexibility index (Phi) is 4.21. The number of nitrogens with two attached hydrogens (primary N) is 1. The fourth-order valence-electron chi connectivity index (χ4n) is 5.40. The summed E-state index contributed by atoms with van der Waals surface area (Å²) >= 11 is 0. The molecule has 1 aromatic carbocycles. The van der Waals surface area contributed by atoms with Gasteiger partial charge in [-0.1, -0.05) is 5.16 Å². The van der Waals surface area contributed by atoms with Crippen molar-refractivity contribution in [3.63, 3.8) is 0 Å². The molecule has 3 aliphatic heterocycles. The van der Waals surface area contributed by atoms with Crippen molar-refractivity contribution in [2.75, 3.05) is 23.8 Å². The fraction of sp³-hybridized carbons (Fsp3) is 0.333. The van der Waals surface area contributed by atoms with Gasteiger partial charge < -0.3 is 19.9 Å². The summed E-state index contributed by atoms with van der Waals surface area (Å²) in [5.41, 5.74) is 4.44. The zero-order valence-electron chi connectivity index (χ0n) is 18.2. The number of imide groups is 2. The first kappa shape index (κ1) is 21.1. The van der Waals surface area contributed by atoms with Crippen LogP contribution >= 0.6 is 0 Å². The number of nitriles is 1. The number of nitrogens with zero attached hydrogens (tertiary/aromatic N) is 5. The molecule has 0 aliphatic carbocycles. The monoisotopic (exact) mass is 480 g/mol. The summed E-state index contributed by atoms with van der Waals surface area (Å²) in [5.74, 6) is -2.25. The highest BCUT2D eigenvalue weighted by molar-refractivity contribution is 6.20. The first-order valence-corrected chi connectivity index (χ1v) is 10.7. The molecule has 2 fully saturated rings. The Bertz CT molecular complexity index is 1480. The zero-order valence-corrected chi connectivity index (χ0v) is 18.2. The van der Waals surface area contributed by atoms with Crippen LogP contribution in [-0.2, 0) is 20.7 Å². The Balaban J connectivity index is 1.59. The number of carbonyl (C=O) groups is 3. The number of carbonyl (C=O) groups excluding carboxylic acids is 3. The molecule has 35 heavy (non-hydrogen) atoms. The molecule has 0 radical (unpaired) electrons. The summed E-state index contributed by atoms with van der Waals surface area (Å²) in [4.78, 5) is 39.8. The lowest BCUT2D eigenvalue weighted by atomic mass is 9.66. The predicted molar refractivity (Wildman–Crippen MR) is 115 cm³/mol.